The minimum atomic E-state index is -0.452. The van der Waals surface area contributed by atoms with Gasteiger partial charge in [0.25, 0.3) is 0 Å². The molecule has 0 saturated carbocycles. The van der Waals surface area contributed by atoms with Crippen molar-refractivity contribution in [1.29, 1.82) is 0 Å². The van der Waals surface area contributed by atoms with Crippen molar-refractivity contribution in [2.75, 3.05) is 29.9 Å². The number of nitrogens with zero attached hydrogens (tertiary/aromatic N) is 2. The van der Waals surface area contributed by atoms with E-state index in [2.05, 4.69) is 5.32 Å². The molecule has 1 fully saturated rings. The fourth-order valence-corrected chi connectivity index (χ4v) is 2.71. The van der Waals surface area contributed by atoms with Gasteiger partial charge in [0, 0.05) is 24.7 Å². The van der Waals surface area contributed by atoms with E-state index in [1.165, 1.54) is 9.80 Å². The Morgan fingerprint density at radius 2 is 2.12 bits per heavy atom. The van der Waals surface area contributed by atoms with Crippen LogP contribution in [0.3, 0.4) is 0 Å². The number of nitrogens with one attached hydrogen (secondary N) is 1. The van der Waals surface area contributed by atoms with Crippen LogP contribution >= 0.6 is 0 Å². The maximum absolute atomic E-state index is 12.1. The van der Waals surface area contributed by atoms with Gasteiger partial charge in [-0.05, 0) is 18.2 Å². The number of hydrogen-bond acceptors (Lipinski definition) is 5. The Bertz CT molecular complexity index is 690. The summed E-state index contributed by atoms with van der Waals surface area (Å²) in [5, 5.41) is 2.72. The van der Waals surface area contributed by atoms with Gasteiger partial charge in [-0.2, -0.15) is 0 Å². The predicted octanol–water partition coefficient (Wildman–Crippen LogP) is 1.62. The molecule has 0 radical (unpaired) electrons. The van der Waals surface area contributed by atoms with Crippen molar-refractivity contribution in [3.63, 3.8) is 0 Å². The third-order valence-electron chi connectivity index (χ3n) is 4.08. The average molecular weight is 333 g/mol. The van der Waals surface area contributed by atoms with Crippen LogP contribution in [0.2, 0.25) is 0 Å². The number of carbonyl (C=O) groups excluding carboxylic acids is 3. The summed E-state index contributed by atoms with van der Waals surface area (Å²) in [6, 6.07) is 5.36. The molecule has 8 heteroatoms. The minimum Gasteiger partial charge on any atom is -0.444 e. The quantitative estimate of drug-likeness (QED) is 0.904. The number of amides is 3. The molecule has 1 saturated heterocycles. The molecule has 0 bridgehead atoms. The lowest BCUT2D eigenvalue weighted by molar-refractivity contribution is -0.121. The first-order chi connectivity index (χ1) is 11.5. The smallest absolute Gasteiger partial charge is 0.414 e. The first-order valence-electron chi connectivity index (χ1n) is 7.78. The second kappa shape index (κ2) is 6.38. The van der Waals surface area contributed by atoms with Gasteiger partial charge in [-0.3, -0.25) is 14.6 Å². The van der Waals surface area contributed by atoms with Crippen LogP contribution in [0.5, 0.6) is 0 Å². The van der Waals surface area contributed by atoms with Crippen molar-refractivity contribution < 1.29 is 23.9 Å². The highest BCUT2D eigenvalue weighted by Crippen LogP contribution is 2.31. The van der Waals surface area contributed by atoms with E-state index in [0.29, 0.717) is 25.2 Å². The number of anilines is 2. The van der Waals surface area contributed by atoms with Gasteiger partial charge < -0.3 is 14.8 Å². The SMILES string of the molecule is CCC(=O)NCC1CN(c2ccc3c(c2)COC(=O)N3C)C(=O)O1. The topological polar surface area (TPSA) is 88.2 Å². The summed E-state index contributed by atoms with van der Waals surface area (Å²) in [5.41, 5.74) is 2.26. The predicted molar refractivity (Wildman–Crippen MR) is 85.9 cm³/mol. The monoisotopic (exact) mass is 333 g/mol. The average Bonchev–Trinajstić information content (AvgIpc) is 2.96. The van der Waals surface area contributed by atoms with Crippen molar-refractivity contribution in [3.05, 3.63) is 23.8 Å². The van der Waals surface area contributed by atoms with Gasteiger partial charge in [0.05, 0.1) is 18.8 Å². The molecule has 24 heavy (non-hydrogen) atoms. The van der Waals surface area contributed by atoms with Gasteiger partial charge in [-0.15, -0.1) is 0 Å². The van der Waals surface area contributed by atoms with Crippen LogP contribution in [-0.4, -0.2) is 44.3 Å². The Morgan fingerprint density at radius 3 is 2.88 bits per heavy atom. The summed E-state index contributed by atoms with van der Waals surface area (Å²) >= 11 is 0. The van der Waals surface area contributed by atoms with Crippen molar-refractivity contribution in [3.8, 4) is 0 Å². The summed E-state index contributed by atoms with van der Waals surface area (Å²) in [5.74, 6) is -0.0804. The number of rotatable bonds is 4. The van der Waals surface area contributed by atoms with Crippen LogP contribution in [0.1, 0.15) is 18.9 Å². The van der Waals surface area contributed by atoms with Crippen molar-refractivity contribution >= 4 is 29.5 Å². The van der Waals surface area contributed by atoms with Crippen molar-refractivity contribution in [1.82, 2.24) is 5.32 Å². The molecular weight excluding hydrogens is 314 g/mol. The third-order valence-corrected chi connectivity index (χ3v) is 4.08. The molecule has 1 atom stereocenters. The summed E-state index contributed by atoms with van der Waals surface area (Å²) in [6.07, 6.45) is -0.847. The molecule has 2 aliphatic rings. The summed E-state index contributed by atoms with van der Waals surface area (Å²) < 4.78 is 10.3. The molecule has 1 aromatic carbocycles. The maximum Gasteiger partial charge on any atom is 0.414 e. The van der Waals surface area contributed by atoms with E-state index >= 15 is 0 Å². The number of benzene rings is 1. The highest BCUT2D eigenvalue weighted by Gasteiger charge is 2.33. The minimum absolute atomic E-state index is 0.0804. The fraction of sp³-hybridized carbons (Fsp3) is 0.438. The summed E-state index contributed by atoms with van der Waals surface area (Å²) in [7, 11) is 1.64. The molecule has 0 aromatic heterocycles. The number of fused-ring (bicyclic) bond motifs is 1. The lowest BCUT2D eigenvalue weighted by Crippen LogP contribution is -2.34. The Kier molecular flexibility index (Phi) is 4.28. The maximum atomic E-state index is 12.1. The van der Waals surface area contributed by atoms with Crippen LogP contribution in [-0.2, 0) is 20.9 Å². The van der Waals surface area contributed by atoms with Crippen molar-refractivity contribution in [2.45, 2.75) is 26.1 Å². The van der Waals surface area contributed by atoms with Crippen LogP contribution in [0.4, 0.5) is 21.0 Å². The molecular formula is C16H19N3O5. The third kappa shape index (κ3) is 2.99. The second-order valence-electron chi connectivity index (χ2n) is 5.70. The molecule has 0 spiro atoms. The lowest BCUT2D eigenvalue weighted by atomic mass is 10.1. The zero-order valence-electron chi connectivity index (χ0n) is 13.6. The van der Waals surface area contributed by atoms with E-state index in [9.17, 15) is 14.4 Å². The van der Waals surface area contributed by atoms with Gasteiger partial charge in [-0.25, -0.2) is 9.59 Å². The van der Waals surface area contributed by atoms with E-state index in [-0.39, 0.29) is 18.6 Å². The second-order valence-corrected chi connectivity index (χ2v) is 5.70. The van der Waals surface area contributed by atoms with Crippen LogP contribution < -0.4 is 15.1 Å². The first-order valence-corrected chi connectivity index (χ1v) is 7.78. The highest BCUT2D eigenvalue weighted by molar-refractivity contribution is 5.93. The van der Waals surface area contributed by atoms with E-state index in [1.807, 2.05) is 6.07 Å². The fourth-order valence-electron chi connectivity index (χ4n) is 2.71. The molecule has 3 amide bonds. The molecule has 8 nitrogen and oxygen atoms in total. The molecule has 128 valence electrons. The normalized spacial score (nSPS) is 19.7. The van der Waals surface area contributed by atoms with Gasteiger partial charge >= 0.3 is 12.2 Å². The van der Waals surface area contributed by atoms with Crippen LogP contribution in [0, 0.1) is 0 Å². The standard InChI is InChI=1S/C16H19N3O5/c1-3-14(20)17-7-12-8-19(16(22)24-12)11-4-5-13-10(6-11)9-23-15(21)18(13)2/h4-6,12H,3,7-9H2,1-2H3,(H,17,20). The van der Waals surface area contributed by atoms with Gasteiger partial charge in [0.1, 0.15) is 12.7 Å². The van der Waals surface area contributed by atoms with Crippen LogP contribution in [0.25, 0.3) is 0 Å². The Labute approximate surface area is 139 Å². The summed E-state index contributed by atoms with van der Waals surface area (Å²) in [4.78, 5) is 37.9. The van der Waals surface area contributed by atoms with Gasteiger partial charge in [-0.1, -0.05) is 6.92 Å². The van der Waals surface area contributed by atoms with E-state index in [4.69, 9.17) is 9.47 Å². The molecule has 2 aliphatic heterocycles. The van der Waals surface area contributed by atoms with E-state index < -0.39 is 12.2 Å². The largest absolute Gasteiger partial charge is 0.444 e. The zero-order valence-corrected chi connectivity index (χ0v) is 13.6. The molecule has 3 rings (SSSR count). The Hall–Kier alpha value is -2.77. The zero-order chi connectivity index (χ0) is 17.3. The molecule has 1 unspecified atom stereocenters. The lowest BCUT2D eigenvalue weighted by Gasteiger charge is -2.26. The number of carbonyl (C=O) groups is 3. The van der Waals surface area contributed by atoms with Crippen molar-refractivity contribution in [2.24, 2.45) is 0 Å². The van der Waals surface area contributed by atoms with E-state index in [1.54, 1.807) is 26.1 Å². The molecule has 2 heterocycles. The number of cyclic esters (lactones) is 2. The molecule has 1 aromatic rings. The number of hydrogen-bond donors (Lipinski definition) is 1. The first kappa shape index (κ1) is 16.1. The Balaban J connectivity index is 1.72. The molecule has 1 N–H and O–H groups in total. The van der Waals surface area contributed by atoms with Gasteiger partial charge in [0.15, 0.2) is 0 Å². The van der Waals surface area contributed by atoms with Gasteiger partial charge in [0.2, 0.25) is 5.91 Å². The highest BCUT2D eigenvalue weighted by atomic mass is 16.6. The van der Waals surface area contributed by atoms with Crippen LogP contribution in [0.15, 0.2) is 18.2 Å². The van der Waals surface area contributed by atoms with E-state index in [0.717, 1.165) is 11.3 Å². The summed E-state index contributed by atoms with van der Waals surface area (Å²) in [6.45, 7) is 2.59. The number of ether oxygens (including phenoxy) is 2. The Morgan fingerprint density at radius 1 is 1.33 bits per heavy atom. The molecule has 0 aliphatic carbocycles.